The van der Waals surface area contributed by atoms with Gasteiger partial charge in [-0.1, -0.05) is 12.1 Å². The lowest BCUT2D eigenvalue weighted by Gasteiger charge is -2.14. The highest BCUT2D eigenvalue weighted by molar-refractivity contribution is 6.04. The summed E-state index contributed by atoms with van der Waals surface area (Å²) in [6.07, 6.45) is 2.93. The van der Waals surface area contributed by atoms with Crippen LogP contribution in [0.5, 0.6) is 0 Å². The standard InChI is InChI=1S/C24H20FN3O4/c1-16(26-23(29)15-4-17-2-13-22(14-3-17)28(31)32)18-7-11-21(12-8-18)27-24(30)19-5-9-20(25)10-6-19/h2-16H,1H3,(H,26,29)(H,27,30)/b15-4+. The highest BCUT2D eigenvalue weighted by Crippen LogP contribution is 2.17. The van der Waals surface area contributed by atoms with Crippen molar-refractivity contribution < 1.29 is 18.9 Å². The Kier molecular flexibility index (Phi) is 7.07. The van der Waals surface area contributed by atoms with E-state index in [2.05, 4.69) is 10.6 Å². The maximum atomic E-state index is 13.0. The van der Waals surface area contributed by atoms with Gasteiger partial charge in [-0.25, -0.2) is 4.39 Å². The summed E-state index contributed by atoms with van der Waals surface area (Å²) >= 11 is 0. The largest absolute Gasteiger partial charge is 0.346 e. The van der Waals surface area contributed by atoms with E-state index in [1.165, 1.54) is 42.5 Å². The van der Waals surface area contributed by atoms with Gasteiger partial charge in [0, 0.05) is 29.5 Å². The number of carbonyl (C=O) groups is 2. The molecule has 0 bridgehead atoms. The van der Waals surface area contributed by atoms with Crippen molar-refractivity contribution in [1.82, 2.24) is 5.32 Å². The molecule has 7 nitrogen and oxygen atoms in total. The lowest BCUT2D eigenvalue weighted by molar-refractivity contribution is -0.384. The first kappa shape index (κ1) is 22.4. The number of rotatable bonds is 7. The first-order valence-corrected chi connectivity index (χ1v) is 9.72. The first-order chi connectivity index (χ1) is 15.3. The van der Waals surface area contributed by atoms with Crippen molar-refractivity contribution in [2.24, 2.45) is 0 Å². The summed E-state index contributed by atoms with van der Waals surface area (Å²) in [5, 5.41) is 16.2. The molecule has 3 aromatic rings. The topological polar surface area (TPSA) is 101 Å². The van der Waals surface area contributed by atoms with Gasteiger partial charge in [-0.3, -0.25) is 19.7 Å². The van der Waals surface area contributed by atoms with Crippen LogP contribution in [0.3, 0.4) is 0 Å². The fraction of sp³-hybridized carbons (Fsp3) is 0.0833. The summed E-state index contributed by atoms with van der Waals surface area (Å²) in [5.74, 6) is -1.08. The molecule has 8 heteroatoms. The fourth-order valence-corrected chi connectivity index (χ4v) is 2.88. The predicted octanol–water partition coefficient (Wildman–Crippen LogP) is 4.88. The van der Waals surface area contributed by atoms with E-state index in [0.29, 0.717) is 16.8 Å². The lowest BCUT2D eigenvalue weighted by Crippen LogP contribution is -2.24. The van der Waals surface area contributed by atoms with Crippen molar-refractivity contribution in [2.45, 2.75) is 13.0 Å². The van der Waals surface area contributed by atoms with Crippen molar-refractivity contribution in [1.29, 1.82) is 0 Å². The molecule has 1 atom stereocenters. The number of nitro groups is 1. The Labute approximate surface area is 183 Å². The molecule has 0 spiro atoms. The van der Waals surface area contributed by atoms with Gasteiger partial charge in [-0.05, 0) is 72.7 Å². The van der Waals surface area contributed by atoms with Gasteiger partial charge >= 0.3 is 0 Å². The Bertz CT molecular complexity index is 1140. The summed E-state index contributed by atoms with van der Waals surface area (Å²) in [5.41, 5.74) is 2.40. The van der Waals surface area contributed by atoms with Crippen LogP contribution in [0.25, 0.3) is 6.08 Å². The van der Waals surface area contributed by atoms with E-state index >= 15 is 0 Å². The molecule has 32 heavy (non-hydrogen) atoms. The number of benzene rings is 3. The summed E-state index contributed by atoms with van der Waals surface area (Å²) in [4.78, 5) is 34.6. The van der Waals surface area contributed by atoms with Gasteiger partial charge in [0.1, 0.15) is 5.82 Å². The lowest BCUT2D eigenvalue weighted by atomic mass is 10.1. The van der Waals surface area contributed by atoms with Crippen molar-refractivity contribution in [3.8, 4) is 0 Å². The van der Waals surface area contributed by atoms with Crippen molar-refractivity contribution in [3.05, 3.63) is 111 Å². The summed E-state index contributed by atoms with van der Waals surface area (Å²) in [7, 11) is 0. The second-order valence-corrected chi connectivity index (χ2v) is 7.00. The average molecular weight is 433 g/mol. The number of carbonyl (C=O) groups excluding carboxylic acids is 2. The summed E-state index contributed by atoms with van der Waals surface area (Å²) in [6, 6.07) is 17.8. The van der Waals surface area contributed by atoms with E-state index in [9.17, 15) is 24.1 Å². The number of hydrogen-bond acceptors (Lipinski definition) is 4. The molecule has 3 rings (SSSR count). The molecule has 1 unspecified atom stereocenters. The fourth-order valence-electron chi connectivity index (χ4n) is 2.88. The number of halogens is 1. The molecule has 2 amide bonds. The number of nitrogens with one attached hydrogen (secondary N) is 2. The molecule has 0 heterocycles. The van der Waals surface area contributed by atoms with E-state index in [0.717, 1.165) is 5.56 Å². The van der Waals surface area contributed by atoms with Crippen molar-refractivity contribution in [3.63, 3.8) is 0 Å². The van der Waals surface area contributed by atoms with E-state index in [4.69, 9.17) is 0 Å². The van der Waals surface area contributed by atoms with Crippen LogP contribution in [0.1, 0.15) is 34.5 Å². The normalized spacial score (nSPS) is 11.7. The van der Waals surface area contributed by atoms with E-state index < -0.39 is 10.7 Å². The molecule has 2 N–H and O–H groups in total. The number of non-ortho nitro benzene ring substituents is 1. The van der Waals surface area contributed by atoms with Crippen LogP contribution in [0.15, 0.2) is 78.9 Å². The van der Waals surface area contributed by atoms with Gasteiger partial charge in [0.25, 0.3) is 11.6 Å². The molecule has 0 aliphatic heterocycles. The third-order valence-corrected chi connectivity index (χ3v) is 4.66. The van der Waals surface area contributed by atoms with E-state index in [1.54, 1.807) is 42.5 Å². The van der Waals surface area contributed by atoms with Gasteiger partial charge in [-0.15, -0.1) is 0 Å². The Hall–Kier alpha value is -4.33. The molecule has 3 aromatic carbocycles. The molecule has 0 aliphatic carbocycles. The molecule has 0 radical (unpaired) electrons. The van der Waals surface area contributed by atoms with Crippen molar-refractivity contribution >= 4 is 29.3 Å². The third kappa shape index (κ3) is 6.09. The van der Waals surface area contributed by atoms with Gasteiger partial charge in [0.15, 0.2) is 0 Å². The van der Waals surface area contributed by atoms with Crippen LogP contribution >= 0.6 is 0 Å². The van der Waals surface area contributed by atoms with Crippen LogP contribution in [0.4, 0.5) is 15.8 Å². The number of anilines is 1. The first-order valence-electron chi connectivity index (χ1n) is 9.72. The molecule has 0 aliphatic rings. The minimum Gasteiger partial charge on any atom is -0.346 e. The van der Waals surface area contributed by atoms with Gasteiger partial charge in [0.05, 0.1) is 11.0 Å². The number of nitrogens with zero attached hydrogens (tertiary/aromatic N) is 1. The van der Waals surface area contributed by atoms with Gasteiger partial charge < -0.3 is 10.6 Å². The number of hydrogen-bond donors (Lipinski definition) is 2. The zero-order valence-corrected chi connectivity index (χ0v) is 17.1. The second kappa shape index (κ2) is 10.1. The quantitative estimate of drug-likeness (QED) is 0.315. The second-order valence-electron chi connectivity index (χ2n) is 7.00. The van der Waals surface area contributed by atoms with Gasteiger partial charge in [0.2, 0.25) is 5.91 Å². The number of nitro benzene ring substituents is 1. The van der Waals surface area contributed by atoms with Crippen molar-refractivity contribution in [2.75, 3.05) is 5.32 Å². The molecule has 0 saturated carbocycles. The van der Waals surface area contributed by atoms with Crippen LogP contribution in [0.2, 0.25) is 0 Å². The van der Waals surface area contributed by atoms with Crippen LogP contribution in [-0.4, -0.2) is 16.7 Å². The zero-order valence-electron chi connectivity index (χ0n) is 17.1. The van der Waals surface area contributed by atoms with Crippen LogP contribution in [0, 0.1) is 15.9 Å². The summed E-state index contributed by atoms with van der Waals surface area (Å²) in [6.45, 7) is 1.82. The molecule has 0 fully saturated rings. The smallest absolute Gasteiger partial charge is 0.269 e. The highest BCUT2D eigenvalue weighted by Gasteiger charge is 2.10. The minimum absolute atomic E-state index is 0.0162. The maximum Gasteiger partial charge on any atom is 0.269 e. The zero-order chi connectivity index (χ0) is 23.1. The Morgan fingerprint density at radius 1 is 0.969 bits per heavy atom. The van der Waals surface area contributed by atoms with Gasteiger partial charge in [-0.2, -0.15) is 0 Å². The molecular weight excluding hydrogens is 413 g/mol. The average Bonchev–Trinajstić information content (AvgIpc) is 2.78. The Morgan fingerprint density at radius 2 is 1.59 bits per heavy atom. The van der Waals surface area contributed by atoms with E-state index in [1.807, 2.05) is 6.92 Å². The Morgan fingerprint density at radius 3 is 2.19 bits per heavy atom. The van der Waals surface area contributed by atoms with Crippen LogP contribution in [-0.2, 0) is 4.79 Å². The highest BCUT2D eigenvalue weighted by atomic mass is 19.1. The Balaban J connectivity index is 1.55. The van der Waals surface area contributed by atoms with Crippen LogP contribution < -0.4 is 10.6 Å². The molecule has 0 aromatic heterocycles. The third-order valence-electron chi connectivity index (χ3n) is 4.66. The number of amides is 2. The predicted molar refractivity (Wildman–Crippen MR) is 119 cm³/mol. The molecule has 162 valence electrons. The maximum absolute atomic E-state index is 13.0. The summed E-state index contributed by atoms with van der Waals surface area (Å²) < 4.78 is 13.0. The SMILES string of the molecule is CC(NC(=O)/C=C/c1ccc([N+](=O)[O-])cc1)c1ccc(NC(=O)c2ccc(F)cc2)cc1. The molecule has 0 saturated heterocycles. The molecular formula is C24H20FN3O4. The van der Waals surface area contributed by atoms with E-state index in [-0.39, 0.29) is 23.5 Å². The monoisotopic (exact) mass is 433 g/mol. The minimum atomic E-state index is -0.485.